The van der Waals surface area contributed by atoms with Crippen LogP contribution in [0.15, 0.2) is 0 Å². The number of ether oxygens (including phenoxy) is 2. The number of anilines is 1. The predicted octanol–water partition coefficient (Wildman–Crippen LogP) is 2.74. The number of thiocarbonyl (C=S) groups is 1. The van der Waals surface area contributed by atoms with Gasteiger partial charge in [0.2, 0.25) is 0 Å². The van der Waals surface area contributed by atoms with Crippen LogP contribution in [0.3, 0.4) is 0 Å². The molecular formula is C18H27N3O4S2. The molecule has 150 valence electrons. The van der Waals surface area contributed by atoms with Crippen LogP contribution in [0.2, 0.25) is 0 Å². The lowest BCUT2D eigenvalue weighted by Gasteiger charge is -2.35. The Morgan fingerprint density at radius 3 is 2.22 bits per heavy atom. The van der Waals surface area contributed by atoms with Gasteiger partial charge >= 0.3 is 11.9 Å². The summed E-state index contributed by atoms with van der Waals surface area (Å²) in [5.74, 6) is -0.913. The molecule has 2 rings (SSSR count). The number of nitrogens with one attached hydrogen (secondary N) is 1. The van der Waals surface area contributed by atoms with Crippen LogP contribution in [-0.2, 0) is 9.47 Å². The largest absolute Gasteiger partial charge is 0.462 e. The minimum Gasteiger partial charge on any atom is -0.462 e. The summed E-state index contributed by atoms with van der Waals surface area (Å²) in [5, 5.41) is 4.23. The van der Waals surface area contributed by atoms with E-state index in [1.807, 2.05) is 0 Å². The van der Waals surface area contributed by atoms with Crippen molar-refractivity contribution < 1.29 is 19.1 Å². The molecule has 0 aliphatic carbocycles. The second-order valence-corrected chi connectivity index (χ2v) is 7.46. The van der Waals surface area contributed by atoms with Crippen molar-refractivity contribution in [3.05, 3.63) is 16.0 Å². The van der Waals surface area contributed by atoms with E-state index in [0.717, 1.165) is 32.7 Å². The Hall–Kier alpha value is -1.71. The number of nitrogens with zero attached hydrogens (tertiary/aromatic N) is 2. The van der Waals surface area contributed by atoms with Crippen molar-refractivity contribution in [2.24, 2.45) is 0 Å². The number of carbonyl (C=O) groups is 2. The fraction of sp³-hybridized carbons (Fsp3) is 0.611. The number of hydrogen-bond acceptors (Lipinski definition) is 7. The van der Waals surface area contributed by atoms with Gasteiger partial charge in [0.25, 0.3) is 0 Å². The summed E-state index contributed by atoms with van der Waals surface area (Å²) in [4.78, 5) is 29.5. The molecule has 0 unspecified atom stereocenters. The summed E-state index contributed by atoms with van der Waals surface area (Å²) < 4.78 is 10.3. The second kappa shape index (κ2) is 10.0. The molecule has 1 aromatic rings. The standard InChI is InChI=1S/C18H27N3O4S2/c1-5-20-8-10-21(11-9-20)18(26)19-15-13(16(22)24-6-2)12(4)14(27-15)17(23)25-7-3/h5-11H2,1-4H3,(H,19,26). The zero-order valence-electron chi connectivity index (χ0n) is 16.3. The summed E-state index contributed by atoms with van der Waals surface area (Å²) in [6.07, 6.45) is 0. The third kappa shape index (κ3) is 5.18. The molecule has 0 aromatic carbocycles. The molecule has 1 aromatic heterocycles. The molecule has 0 spiro atoms. The van der Waals surface area contributed by atoms with Gasteiger partial charge in [0, 0.05) is 26.2 Å². The molecule has 1 saturated heterocycles. The van der Waals surface area contributed by atoms with E-state index in [9.17, 15) is 9.59 Å². The van der Waals surface area contributed by atoms with E-state index in [0.29, 0.717) is 26.1 Å². The minimum absolute atomic E-state index is 0.256. The molecular weight excluding hydrogens is 386 g/mol. The van der Waals surface area contributed by atoms with E-state index in [1.165, 1.54) is 11.3 Å². The molecule has 1 fully saturated rings. The molecule has 0 radical (unpaired) electrons. The first-order chi connectivity index (χ1) is 12.9. The third-order valence-electron chi connectivity index (χ3n) is 4.41. The topological polar surface area (TPSA) is 71.1 Å². The molecule has 2 heterocycles. The first kappa shape index (κ1) is 21.6. The maximum atomic E-state index is 12.4. The van der Waals surface area contributed by atoms with E-state index in [-0.39, 0.29) is 13.2 Å². The Balaban J connectivity index is 2.23. The van der Waals surface area contributed by atoms with Crippen LogP contribution in [0.4, 0.5) is 5.00 Å². The normalized spacial score (nSPS) is 14.7. The molecule has 0 amide bonds. The zero-order chi connectivity index (χ0) is 20.0. The number of carbonyl (C=O) groups excluding carboxylic acids is 2. The Bertz CT molecular complexity index is 697. The fourth-order valence-corrected chi connectivity index (χ4v) is 4.32. The Morgan fingerprint density at radius 1 is 1.07 bits per heavy atom. The number of thiophene rings is 1. The van der Waals surface area contributed by atoms with Crippen molar-refractivity contribution >= 4 is 45.6 Å². The van der Waals surface area contributed by atoms with Crippen LogP contribution in [0.5, 0.6) is 0 Å². The van der Waals surface area contributed by atoms with Gasteiger partial charge in [0.05, 0.1) is 18.8 Å². The first-order valence-electron chi connectivity index (χ1n) is 9.18. The molecule has 0 saturated carbocycles. The maximum Gasteiger partial charge on any atom is 0.348 e. The summed E-state index contributed by atoms with van der Waals surface area (Å²) in [7, 11) is 0. The van der Waals surface area contributed by atoms with Crippen molar-refractivity contribution in [2.45, 2.75) is 27.7 Å². The van der Waals surface area contributed by atoms with Gasteiger partial charge in [0.1, 0.15) is 9.88 Å². The van der Waals surface area contributed by atoms with E-state index < -0.39 is 11.9 Å². The van der Waals surface area contributed by atoms with E-state index in [2.05, 4.69) is 22.0 Å². The molecule has 7 nitrogen and oxygen atoms in total. The molecule has 0 bridgehead atoms. The molecule has 1 aliphatic rings. The van der Waals surface area contributed by atoms with E-state index >= 15 is 0 Å². The molecule has 9 heteroatoms. The van der Waals surface area contributed by atoms with Crippen molar-refractivity contribution in [2.75, 3.05) is 51.3 Å². The summed E-state index contributed by atoms with van der Waals surface area (Å²) in [6, 6.07) is 0. The third-order valence-corrected chi connectivity index (χ3v) is 5.96. The smallest absolute Gasteiger partial charge is 0.348 e. The van der Waals surface area contributed by atoms with Crippen LogP contribution in [0.25, 0.3) is 0 Å². The van der Waals surface area contributed by atoms with E-state index in [4.69, 9.17) is 21.7 Å². The molecule has 1 aliphatic heterocycles. The number of rotatable bonds is 6. The zero-order valence-corrected chi connectivity index (χ0v) is 17.9. The second-order valence-electron chi connectivity index (χ2n) is 6.05. The van der Waals surface area contributed by atoms with Gasteiger partial charge in [-0.1, -0.05) is 6.92 Å². The van der Waals surface area contributed by atoms with Crippen molar-refractivity contribution in [1.82, 2.24) is 9.80 Å². The average molecular weight is 414 g/mol. The van der Waals surface area contributed by atoms with Gasteiger partial charge in [0.15, 0.2) is 5.11 Å². The lowest BCUT2D eigenvalue weighted by atomic mass is 10.1. The molecule has 0 atom stereocenters. The van der Waals surface area contributed by atoms with Crippen LogP contribution < -0.4 is 5.32 Å². The van der Waals surface area contributed by atoms with Crippen molar-refractivity contribution in [3.63, 3.8) is 0 Å². The maximum absolute atomic E-state index is 12.4. The van der Waals surface area contributed by atoms with Crippen LogP contribution in [0.1, 0.15) is 46.4 Å². The Labute approximate surface area is 169 Å². The van der Waals surface area contributed by atoms with Gasteiger partial charge in [-0.3, -0.25) is 0 Å². The highest BCUT2D eigenvalue weighted by atomic mass is 32.1. The molecule has 27 heavy (non-hydrogen) atoms. The highest BCUT2D eigenvalue weighted by molar-refractivity contribution is 7.80. The lowest BCUT2D eigenvalue weighted by Crippen LogP contribution is -2.49. The number of likely N-dealkylation sites (N-methyl/N-ethyl adjacent to an activating group) is 1. The van der Waals surface area contributed by atoms with Crippen LogP contribution in [0, 0.1) is 6.92 Å². The number of hydrogen-bond donors (Lipinski definition) is 1. The van der Waals surface area contributed by atoms with Gasteiger partial charge in [-0.25, -0.2) is 9.59 Å². The van der Waals surface area contributed by atoms with Crippen molar-refractivity contribution in [1.29, 1.82) is 0 Å². The van der Waals surface area contributed by atoms with Crippen LogP contribution >= 0.6 is 23.6 Å². The van der Waals surface area contributed by atoms with Gasteiger partial charge in [-0.2, -0.15) is 0 Å². The van der Waals surface area contributed by atoms with Gasteiger partial charge in [-0.15, -0.1) is 11.3 Å². The van der Waals surface area contributed by atoms with Gasteiger partial charge in [-0.05, 0) is 45.1 Å². The predicted molar refractivity (Wildman–Crippen MR) is 111 cm³/mol. The highest BCUT2D eigenvalue weighted by Gasteiger charge is 2.28. The minimum atomic E-state index is -0.470. The van der Waals surface area contributed by atoms with Crippen LogP contribution in [-0.4, -0.2) is 72.8 Å². The highest BCUT2D eigenvalue weighted by Crippen LogP contribution is 2.34. The Morgan fingerprint density at radius 2 is 1.67 bits per heavy atom. The summed E-state index contributed by atoms with van der Waals surface area (Å²) >= 11 is 6.72. The average Bonchev–Trinajstić information content (AvgIpc) is 2.98. The Kier molecular flexibility index (Phi) is 8.00. The van der Waals surface area contributed by atoms with E-state index in [1.54, 1.807) is 20.8 Å². The van der Waals surface area contributed by atoms with Crippen molar-refractivity contribution in [3.8, 4) is 0 Å². The fourth-order valence-electron chi connectivity index (χ4n) is 2.89. The lowest BCUT2D eigenvalue weighted by molar-refractivity contribution is 0.0527. The molecule has 1 N–H and O–H groups in total. The summed E-state index contributed by atoms with van der Waals surface area (Å²) in [5.41, 5.74) is 0.900. The quantitative estimate of drug-likeness (QED) is 0.564. The number of piperazine rings is 1. The monoisotopic (exact) mass is 413 g/mol. The first-order valence-corrected chi connectivity index (χ1v) is 10.4. The summed E-state index contributed by atoms with van der Waals surface area (Å²) in [6.45, 7) is 12.4. The SMILES string of the molecule is CCOC(=O)c1sc(NC(=S)N2CCN(CC)CC2)c(C(=O)OCC)c1C. The number of esters is 2. The van der Waals surface area contributed by atoms with Gasteiger partial charge < -0.3 is 24.6 Å².